The van der Waals surface area contributed by atoms with E-state index in [1.165, 1.54) is 6.92 Å². The van der Waals surface area contributed by atoms with E-state index in [0.717, 1.165) is 48.8 Å². The van der Waals surface area contributed by atoms with Crippen LogP contribution in [-0.4, -0.2) is 59.3 Å². The predicted molar refractivity (Wildman–Crippen MR) is 114 cm³/mol. The number of piperazine rings is 1. The van der Waals surface area contributed by atoms with Crippen LogP contribution in [-0.2, 0) is 4.79 Å². The molecule has 0 aliphatic carbocycles. The van der Waals surface area contributed by atoms with E-state index in [1.54, 1.807) is 17.3 Å². The number of hydrogen-bond acceptors (Lipinski definition) is 6. The largest absolute Gasteiger partial charge is 0.465 e. The van der Waals surface area contributed by atoms with Crippen LogP contribution in [0.2, 0.25) is 0 Å². The second-order valence-corrected chi connectivity index (χ2v) is 7.75. The Morgan fingerprint density at radius 1 is 1.20 bits per heavy atom. The Hall–Kier alpha value is -3.20. The van der Waals surface area contributed by atoms with E-state index in [-0.39, 0.29) is 11.9 Å². The third-order valence-corrected chi connectivity index (χ3v) is 5.69. The molecule has 30 heavy (non-hydrogen) atoms. The lowest BCUT2D eigenvalue weighted by molar-refractivity contribution is -0.117. The van der Waals surface area contributed by atoms with Crippen LogP contribution in [0, 0.1) is 0 Å². The molecule has 1 fully saturated rings. The van der Waals surface area contributed by atoms with Gasteiger partial charge in [-0.1, -0.05) is 6.07 Å². The summed E-state index contributed by atoms with van der Waals surface area (Å²) >= 11 is 0. The number of rotatable bonds is 3. The molecule has 4 rings (SSSR count). The summed E-state index contributed by atoms with van der Waals surface area (Å²) in [5, 5.41) is 15.2. The summed E-state index contributed by atoms with van der Waals surface area (Å²) in [5.74, 6) is 0.783. The van der Waals surface area contributed by atoms with E-state index in [9.17, 15) is 14.7 Å². The molecule has 0 saturated carbocycles. The molecule has 2 aliphatic rings. The van der Waals surface area contributed by atoms with Crippen LogP contribution in [0.5, 0.6) is 0 Å². The molecule has 0 radical (unpaired) electrons. The standard InChI is InChI=1S/C21H26N6O3/c1-13-9-17(25-21(29)30)16-10-15(3-4-19(16)27(13)14(2)28)18-11-24-20(12-23-18)26-7-5-22-6-8-26/h3-4,10-13,17,22,25H,5-9H2,1-2H3,(H,29,30)/t13-,17+/m0/s1. The summed E-state index contributed by atoms with van der Waals surface area (Å²) in [6, 6.07) is 5.18. The van der Waals surface area contributed by atoms with E-state index >= 15 is 0 Å². The Morgan fingerprint density at radius 2 is 1.97 bits per heavy atom. The molecule has 2 atom stereocenters. The average Bonchev–Trinajstić information content (AvgIpc) is 2.73. The zero-order valence-electron chi connectivity index (χ0n) is 17.1. The molecule has 1 saturated heterocycles. The molecule has 0 unspecified atom stereocenters. The minimum absolute atomic E-state index is 0.0644. The minimum Gasteiger partial charge on any atom is -0.465 e. The Kier molecular flexibility index (Phi) is 5.54. The molecule has 0 bridgehead atoms. The number of carboxylic acid groups (broad SMARTS) is 1. The van der Waals surface area contributed by atoms with Gasteiger partial charge in [0, 0.05) is 50.4 Å². The molecule has 158 valence electrons. The summed E-state index contributed by atoms with van der Waals surface area (Å²) in [5.41, 5.74) is 3.05. The fourth-order valence-corrected chi connectivity index (χ4v) is 4.32. The van der Waals surface area contributed by atoms with Crippen molar-refractivity contribution in [2.24, 2.45) is 0 Å². The van der Waals surface area contributed by atoms with Gasteiger partial charge in [0.2, 0.25) is 5.91 Å². The molecule has 1 aromatic carbocycles. The van der Waals surface area contributed by atoms with Crippen molar-refractivity contribution < 1.29 is 14.7 Å². The first-order valence-corrected chi connectivity index (χ1v) is 10.2. The fourth-order valence-electron chi connectivity index (χ4n) is 4.32. The van der Waals surface area contributed by atoms with Gasteiger partial charge >= 0.3 is 6.09 Å². The van der Waals surface area contributed by atoms with Gasteiger partial charge < -0.3 is 25.5 Å². The summed E-state index contributed by atoms with van der Waals surface area (Å²) in [6.07, 6.45) is 2.94. The molecule has 1 aromatic heterocycles. The minimum atomic E-state index is -1.08. The Bertz CT molecular complexity index is 942. The van der Waals surface area contributed by atoms with E-state index in [4.69, 9.17) is 0 Å². The van der Waals surface area contributed by atoms with Crippen LogP contribution in [0.1, 0.15) is 31.9 Å². The first kappa shape index (κ1) is 20.1. The first-order chi connectivity index (χ1) is 14.4. The monoisotopic (exact) mass is 410 g/mol. The van der Waals surface area contributed by atoms with Crippen LogP contribution in [0.25, 0.3) is 11.3 Å². The lowest BCUT2D eigenvalue weighted by Crippen LogP contribution is -2.45. The molecule has 2 aromatic rings. The lowest BCUT2D eigenvalue weighted by atomic mass is 9.90. The number of benzene rings is 1. The molecule has 3 heterocycles. The number of carbonyl (C=O) groups excluding carboxylic acids is 1. The number of amides is 2. The van der Waals surface area contributed by atoms with Crippen molar-refractivity contribution in [2.45, 2.75) is 32.4 Å². The van der Waals surface area contributed by atoms with Gasteiger partial charge in [-0.3, -0.25) is 9.78 Å². The number of anilines is 2. The Labute approximate surface area is 175 Å². The van der Waals surface area contributed by atoms with Crippen LogP contribution in [0.15, 0.2) is 30.6 Å². The van der Waals surface area contributed by atoms with Gasteiger partial charge in [-0.25, -0.2) is 9.78 Å². The highest BCUT2D eigenvalue weighted by molar-refractivity contribution is 5.94. The van der Waals surface area contributed by atoms with Gasteiger partial charge in [-0.15, -0.1) is 0 Å². The van der Waals surface area contributed by atoms with Crippen molar-refractivity contribution in [1.29, 1.82) is 0 Å². The number of fused-ring (bicyclic) bond motifs is 1. The second kappa shape index (κ2) is 8.27. The van der Waals surface area contributed by atoms with Gasteiger partial charge in [0.05, 0.1) is 24.1 Å². The summed E-state index contributed by atoms with van der Waals surface area (Å²) in [4.78, 5) is 36.6. The molecular formula is C21H26N6O3. The topological polar surface area (TPSA) is 111 Å². The molecule has 0 spiro atoms. The van der Waals surface area contributed by atoms with Crippen LogP contribution < -0.4 is 20.4 Å². The van der Waals surface area contributed by atoms with Gasteiger partial charge in [0.15, 0.2) is 0 Å². The molecule has 2 aliphatic heterocycles. The highest BCUT2D eigenvalue weighted by Gasteiger charge is 2.33. The SMILES string of the molecule is CC(=O)N1c2ccc(-c3cnc(N4CCNCC4)cn3)cc2[C@H](NC(=O)O)C[C@@H]1C. The molecule has 9 nitrogen and oxygen atoms in total. The number of hydrogen-bond donors (Lipinski definition) is 3. The van der Waals surface area contributed by atoms with E-state index in [1.807, 2.05) is 25.1 Å². The zero-order chi connectivity index (χ0) is 21.3. The normalized spacial score (nSPS) is 21.1. The number of nitrogens with zero attached hydrogens (tertiary/aromatic N) is 4. The van der Waals surface area contributed by atoms with Gasteiger partial charge in [-0.2, -0.15) is 0 Å². The maximum absolute atomic E-state index is 12.2. The second-order valence-electron chi connectivity index (χ2n) is 7.75. The van der Waals surface area contributed by atoms with Gasteiger partial charge in [-0.05, 0) is 31.0 Å². The van der Waals surface area contributed by atoms with Crippen molar-refractivity contribution in [3.05, 3.63) is 36.2 Å². The molecular weight excluding hydrogens is 384 g/mol. The summed E-state index contributed by atoms with van der Waals surface area (Å²) in [6.45, 7) is 7.10. The third kappa shape index (κ3) is 3.93. The predicted octanol–water partition coefficient (Wildman–Crippen LogP) is 2.01. The quantitative estimate of drug-likeness (QED) is 0.710. The average molecular weight is 410 g/mol. The third-order valence-electron chi connectivity index (χ3n) is 5.69. The lowest BCUT2D eigenvalue weighted by Gasteiger charge is -2.39. The molecule has 9 heteroatoms. The molecule has 3 N–H and O–H groups in total. The fraction of sp³-hybridized carbons (Fsp3) is 0.429. The number of nitrogens with one attached hydrogen (secondary N) is 2. The number of carbonyl (C=O) groups is 2. The maximum Gasteiger partial charge on any atom is 0.405 e. The first-order valence-electron chi connectivity index (χ1n) is 10.2. The van der Waals surface area contributed by atoms with E-state index in [2.05, 4.69) is 25.5 Å². The Morgan fingerprint density at radius 3 is 2.60 bits per heavy atom. The van der Waals surface area contributed by atoms with Crippen molar-refractivity contribution in [3.63, 3.8) is 0 Å². The maximum atomic E-state index is 12.2. The zero-order valence-corrected chi connectivity index (χ0v) is 17.1. The van der Waals surface area contributed by atoms with Crippen LogP contribution in [0.4, 0.5) is 16.3 Å². The Balaban J connectivity index is 1.67. The van der Waals surface area contributed by atoms with Gasteiger partial charge in [0.1, 0.15) is 5.82 Å². The van der Waals surface area contributed by atoms with Crippen LogP contribution in [0.3, 0.4) is 0 Å². The van der Waals surface area contributed by atoms with Crippen molar-refractivity contribution in [3.8, 4) is 11.3 Å². The van der Waals surface area contributed by atoms with E-state index < -0.39 is 12.1 Å². The highest BCUT2D eigenvalue weighted by atomic mass is 16.4. The van der Waals surface area contributed by atoms with Crippen LogP contribution >= 0.6 is 0 Å². The van der Waals surface area contributed by atoms with E-state index in [0.29, 0.717) is 12.1 Å². The van der Waals surface area contributed by atoms with Crippen molar-refractivity contribution in [1.82, 2.24) is 20.6 Å². The highest BCUT2D eigenvalue weighted by Crippen LogP contribution is 2.39. The number of aromatic nitrogens is 2. The molecule has 2 amide bonds. The summed E-state index contributed by atoms with van der Waals surface area (Å²) < 4.78 is 0. The van der Waals surface area contributed by atoms with Crippen molar-refractivity contribution in [2.75, 3.05) is 36.0 Å². The van der Waals surface area contributed by atoms with Gasteiger partial charge in [0.25, 0.3) is 0 Å². The van der Waals surface area contributed by atoms with Crippen molar-refractivity contribution >= 4 is 23.5 Å². The summed E-state index contributed by atoms with van der Waals surface area (Å²) in [7, 11) is 0. The smallest absolute Gasteiger partial charge is 0.405 e.